The highest BCUT2D eigenvalue weighted by Gasteiger charge is 2.26. The maximum atomic E-state index is 5.32. The van der Waals surface area contributed by atoms with Crippen LogP contribution in [0.1, 0.15) is 18.1 Å². The molecule has 4 rings (SSSR count). The molecule has 0 saturated heterocycles. The predicted molar refractivity (Wildman–Crippen MR) is 100 cm³/mol. The number of hydrogen-bond acceptors (Lipinski definition) is 5. The van der Waals surface area contributed by atoms with Crippen LogP contribution < -0.4 is 4.74 Å². The van der Waals surface area contributed by atoms with Crippen molar-refractivity contribution in [2.24, 2.45) is 5.10 Å². The van der Waals surface area contributed by atoms with E-state index in [4.69, 9.17) is 9.84 Å². The van der Waals surface area contributed by atoms with Crippen molar-refractivity contribution in [2.45, 2.75) is 24.3 Å². The third-order valence-corrected chi connectivity index (χ3v) is 5.20. The Labute approximate surface area is 150 Å². The minimum absolute atomic E-state index is 0.220. The lowest BCUT2D eigenvalue weighted by Gasteiger charge is -2.20. The molecule has 0 bridgehead atoms. The van der Waals surface area contributed by atoms with E-state index in [2.05, 4.69) is 48.3 Å². The molecule has 1 atom stereocenters. The normalized spacial score (nSPS) is 16.3. The van der Waals surface area contributed by atoms with E-state index in [0.717, 1.165) is 33.6 Å². The molecule has 25 heavy (non-hydrogen) atoms. The zero-order valence-corrected chi connectivity index (χ0v) is 15.1. The standard InChI is InChI=1S/C19H18N4OS/c1-12-7-9-14(10-8-12)17-13(2)25-19-21-20-18(23(19)22-17)15-5-4-6-16(11-15)24-3/h4-11,13H,1-3H3/t13-/m1/s1. The molecule has 126 valence electrons. The van der Waals surface area contributed by atoms with Gasteiger partial charge >= 0.3 is 0 Å². The van der Waals surface area contributed by atoms with Gasteiger partial charge in [-0.25, -0.2) is 0 Å². The minimum atomic E-state index is 0.220. The summed E-state index contributed by atoms with van der Waals surface area (Å²) >= 11 is 1.67. The lowest BCUT2D eigenvalue weighted by molar-refractivity contribution is 0.415. The molecule has 3 aromatic rings. The topological polar surface area (TPSA) is 52.3 Å². The highest BCUT2D eigenvalue weighted by Crippen LogP contribution is 2.33. The molecule has 0 spiro atoms. The van der Waals surface area contributed by atoms with E-state index in [1.807, 2.05) is 28.9 Å². The first-order valence-electron chi connectivity index (χ1n) is 8.08. The summed E-state index contributed by atoms with van der Waals surface area (Å²) in [7, 11) is 1.66. The van der Waals surface area contributed by atoms with Gasteiger partial charge in [-0.1, -0.05) is 53.7 Å². The monoisotopic (exact) mass is 350 g/mol. The maximum Gasteiger partial charge on any atom is 0.213 e. The number of aryl methyl sites for hydroxylation is 1. The number of nitrogens with zero attached hydrogens (tertiary/aromatic N) is 4. The SMILES string of the molecule is COc1cccc(-c2nnc3n2N=C(c2ccc(C)cc2)[C@@H](C)S3)c1. The second-order valence-corrected chi connectivity index (χ2v) is 7.27. The molecule has 2 aromatic carbocycles. The van der Waals surface area contributed by atoms with Crippen molar-refractivity contribution in [3.8, 4) is 17.1 Å². The predicted octanol–water partition coefficient (Wildman–Crippen LogP) is 4.01. The van der Waals surface area contributed by atoms with Gasteiger partial charge in [0.15, 0.2) is 5.82 Å². The first-order valence-corrected chi connectivity index (χ1v) is 8.96. The van der Waals surface area contributed by atoms with Gasteiger partial charge in [0.1, 0.15) is 5.75 Å². The van der Waals surface area contributed by atoms with Crippen molar-refractivity contribution in [3.63, 3.8) is 0 Å². The molecule has 0 N–H and O–H groups in total. The Morgan fingerprint density at radius 1 is 1.04 bits per heavy atom. The number of hydrogen-bond donors (Lipinski definition) is 0. The Bertz CT molecular complexity index is 946. The van der Waals surface area contributed by atoms with Gasteiger partial charge in [0.2, 0.25) is 5.16 Å². The summed E-state index contributed by atoms with van der Waals surface area (Å²) in [4.78, 5) is 0. The fourth-order valence-corrected chi connectivity index (χ4v) is 3.72. The van der Waals surface area contributed by atoms with Crippen molar-refractivity contribution >= 4 is 17.5 Å². The fourth-order valence-electron chi connectivity index (χ4n) is 2.79. The zero-order valence-electron chi connectivity index (χ0n) is 14.3. The van der Waals surface area contributed by atoms with Gasteiger partial charge in [0, 0.05) is 5.56 Å². The zero-order chi connectivity index (χ0) is 17.4. The molecule has 0 unspecified atom stereocenters. The largest absolute Gasteiger partial charge is 0.497 e. The first-order chi connectivity index (χ1) is 12.2. The Kier molecular flexibility index (Phi) is 4.05. The van der Waals surface area contributed by atoms with Crippen LogP contribution in [-0.2, 0) is 0 Å². The van der Waals surface area contributed by atoms with Gasteiger partial charge in [-0.2, -0.15) is 9.78 Å². The summed E-state index contributed by atoms with van der Waals surface area (Å²) in [6, 6.07) is 16.2. The van der Waals surface area contributed by atoms with Crippen LogP contribution in [0, 0.1) is 6.92 Å². The van der Waals surface area contributed by atoms with E-state index < -0.39 is 0 Å². The fraction of sp³-hybridized carbons (Fsp3) is 0.211. The Hall–Kier alpha value is -2.60. The molecule has 1 aliphatic heterocycles. The molecule has 0 amide bonds. The van der Waals surface area contributed by atoms with E-state index in [1.165, 1.54) is 5.56 Å². The molecule has 1 aliphatic rings. The van der Waals surface area contributed by atoms with Crippen molar-refractivity contribution < 1.29 is 4.74 Å². The molecule has 0 aliphatic carbocycles. The van der Waals surface area contributed by atoms with Crippen molar-refractivity contribution in [1.29, 1.82) is 0 Å². The van der Waals surface area contributed by atoms with Crippen LogP contribution in [0.2, 0.25) is 0 Å². The van der Waals surface area contributed by atoms with Gasteiger partial charge in [0.25, 0.3) is 0 Å². The summed E-state index contributed by atoms with van der Waals surface area (Å²) < 4.78 is 7.15. The lowest BCUT2D eigenvalue weighted by Crippen LogP contribution is -2.21. The average molecular weight is 350 g/mol. The summed E-state index contributed by atoms with van der Waals surface area (Å²) in [6.07, 6.45) is 0. The molecule has 0 radical (unpaired) electrons. The maximum absolute atomic E-state index is 5.32. The Morgan fingerprint density at radius 3 is 2.60 bits per heavy atom. The van der Waals surface area contributed by atoms with Crippen molar-refractivity contribution in [2.75, 3.05) is 7.11 Å². The van der Waals surface area contributed by atoms with E-state index in [9.17, 15) is 0 Å². The molecule has 0 fully saturated rings. The summed E-state index contributed by atoms with van der Waals surface area (Å²) in [5, 5.41) is 14.6. The molecular weight excluding hydrogens is 332 g/mol. The van der Waals surface area contributed by atoms with Crippen LogP contribution >= 0.6 is 11.8 Å². The third-order valence-electron chi connectivity index (χ3n) is 4.16. The molecule has 0 saturated carbocycles. The van der Waals surface area contributed by atoms with Gasteiger partial charge in [-0.05, 0) is 31.5 Å². The van der Waals surface area contributed by atoms with Crippen LogP contribution in [0.3, 0.4) is 0 Å². The minimum Gasteiger partial charge on any atom is -0.497 e. The van der Waals surface area contributed by atoms with Crippen LogP contribution in [0.25, 0.3) is 11.4 Å². The van der Waals surface area contributed by atoms with E-state index in [0.29, 0.717) is 0 Å². The molecule has 1 aromatic heterocycles. The second kappa shape index (κ2) is 6.37. The van der Waals surface area contributed by atoms with Crippen molar-refractivity contribution in [1.82, 2.24) is 14.9 Å². The highest BCUT2D eigenvalue weighted by atomic mass is 32.2. The number of aromatic nitrogens is 3. The summed E-state index contributed by atoms with van der Waals surface area (Å²) in [6.45, 7) is 4.23. The van der Waals surface area contributed by atoms with E-state index >= 15 is 0 Å². The number of benzene rings is 2. The Morgan fingerprint density at radius 2 is 1.84 bits per heavy atom. The second-order valence-electron chi connectivity index (χ2n) is 5.96. The smallest absolute Gasteiger partial charge is 0.213 e. The number of rotatable bonds is 3. The van der Waals surface area contributed by atoms with E-state index in [-0.39, 0.29) is 5.25 Å². The Balaban J connectivity index is 1.81. The third kappa shape index (κ3) is 2.93. The van der Waals surface area contributed by atoms with Crippen LogP contribution in [0.15, 0.2) is 58.8 Å². The van der Waals surface area contributed by atoms with Crippen LogP contribution in [0.5, 0.6) is 5.75 Å². The average Bonchev–Trinajstić information content (AvgIpc) is 3.04. The number of fused-ring (bicyclic) bond motifs is 1. The highest BCUT2D eigenvalue weighted by molar-refractivity contribution is 8.00. The van der Waals surface area contributed by atoms with Gasteiger partial charge < -0.3 is 4.74 Å². The quantitative estimate of drug-likeness (QED) is 0.716. The lowest BCUT2D eigenvalue weighted by atomic mass is 10.1. The summed E-state index contributed by atoms with van der Waals surface area (Å²) in [5.41, 5.74) is 4.32. The molecule has 5 nitrogen and oxygen atoms in total. The molecule has 2 heterocycles. The van der Waals surface area contributed by atoms with Crippen LogP contribution in [0.4, 0.5) is 0 Å². The van der Waals surface area contributed by atoms with Crippen LogP contribution in [-0.4, -0.2) is 32.9 Å². The number of thioether (sulfide) groups is 1. The van der Waals surface area contributed by atoms with E-state index in [1.54, 1.807) is 18.9 Å². The number of methoxy groups -OCH3 is 1. The number of ether oxygens (including phenoxy) is 1. The van der Waals surface area contributed by atoms with Gasteiger partial charge in [0.05, 0.1) is 18.1 Å². The first kappa shape index (κ1) is 15.9. The molecule has 6 heteroatoms. The summed E-state index contributed by atoms with van der Waals surface area (Å²) in [5.74, 6) is 1.51. The van der Waals surface area contributed by atoms with Crippen molar-refractivity contribution in [3.05, 3.63) is 59.7 Å². The molecular formula is C19H18N4OS. The van der Waals surface area contributed by atoms with Gasteiger partial charge in [-0.3, -0.25) is 0 Å². The van der Waals surface area contributed by atoms with Gasteiger partial charge in [-0.15, -0.1) is 10.2 Å².